The van der Waals surface area contributed by atoms with Gasteiger partial charge in [0, 0.05) is 19.2 Å². The fourth-order valence-electron chi connectivity index (χ4n) is 1.65. The zero-order chi connectivity index (χ0) is 9.80. The van der Waals surface area contributed by atoms with Gasteiger partial charge in [-0.1, -0.05) is 12.5 Å². The van der Waals surface area contributed by atoms with Crippen LogP contribution in [0.2, 0.25) is 0 Å². The molecule has 0 bridgehead atoms. The van der Waals surface area contributed by atoms with Gasteiger partial charge in [0.25, 0.3) is 0 Å². The second-order valence-corrected chi connectivity index (χ2v) is 3.58. The molecule has 3 nitrogen and oxygen atoms in total. The van der Waals surface area contributed by atoms with E-state index in [1.165, 1.54) is 19.3 Å². The summed E-state index contributed by atoms with van der Waals surface area (Å²) < 4.78 is 0. The lowest BCUT2D eigenvalue weighted by molar-refractivity contribution is -0.0721. The quantitative estimate of drug-likeness (QED) is 0.781. The van der Waals surface area contributed by atoms with Crippen LogP contribution in [0.25, 0.3) is 0 Å². The number of aromatic hydroxyl groups is 1. The van der Waals surface area contributed by atoms with Crippen molar-refractivity contribution in [2.45, 2.75) is 19.3 Å². The number of benzene rings is 1. The number of hydrogen-bond acceptors (Lipinski definition) is 3. The first-order chi connectivity index (χ1) is 6.84. The van der Waals surface area contributed by atoms with Crippen molar-refractivity contribution in [2.75, 3.05) is 13.1 Å². The Hall–Kier alpha value is -1.22. The third-order valence-electron chi connectivity index (χ3n) is 2.37. The predicted octanol–water partition coefficient (Wildman–Crippen LogP) is 2.17. The molecule has 1 aliphatic heterocycles. The molecule has 1 N–H and O–H groups in total. The van der Waals surface area contributed by atoms with Crippen molar-refractivity contribution in [1.29, 1.82) is 0 Å². The smallest absolute Gasteiger partial charge is 0.151 e. The Labute approximate surface area is 83.9 Å². The van der Waals surface area contributed by atoms with Crippen molar-refractivity contribution >= 4 is 0 Å². The van der Waals surface area contributed by atoms with Gasteiger partial charge in [-0.3, -0.25) is 0 Å². The summed E-state index contributed by atoms with van der Waals surface area (Å²) in [6.45, 7) is 1.96. The summed E-state index contributed by atoms with van der Waals surface area (Å²) in [4.78, 5) is 5.61. The van der Waals surface area contributed by atoms with Crippen LogP contribution < -0.4 is 4.84 Å². The Morgan fingerprint density at radius 2 is 1.93 bits per heavy atom. The van der Waals surface area contributed by atoms with Crippen LogP contribution in [0.4, 0.5) is 0 Å². The lowest BCUT2D eigenvalue weighted by Gasteiger charge is -2.25. The van der Waals surface area contributed by atoms with Gasteiger partial charge in [-0.2, -0.15) is 0 Å². The molecule has 0 aromatic heterocycles. The van der Waals surface area contributed by atoms with Gasteiger partial charge in [-0.05, 0) is 25.0 Å². The summed E-state index contributed by atoms with van der Waals surface area (Å²) in [5.41, 5.74) is 0. The highest BCUT2D eigenvalue weighted by Gasteiger charge is 2.11. The second kappa shape index (κ2) is 4.33. The predicted molar refractivity (Wildman–Crippen MR) is 54.2 cm³/mol. The summed E-state index contributed by atoms with van der Waals surface area (Å²) >= 11 is 0. The van der Waals surface area contributed by atoms with E-state index in [4.69, 9.17) is 4.84 Å². The summed E-state index contributed by atoms with van der Waals surface area (Å²) in [6.07, 6.45) is 3.68. The normalized spacial score (nSPS) is 18.0. The Bertz CT molecular complexity index is 295. The highest BCUT2D eigenvalue weighted by Crippen LogP contribution is 2.20. The van der Waals surface area contributed by atoms with Gasteiger partial charge >= 0.3 is 0 Å². The maximum absolute atomic E-state index is 9.24. The number of phenolic OH excluding ortho intramolecular Hbond substituents is 1. The van der Waals surface area contributed by atoms with Crippen molar-refractivity contribution < 1.29 is 9.94 Å². The molecule has 0 saturated carbocycles. The lowest BCUT2D eigenvalue weighted by atomic mass is 10.2. The lowest BCUT2D eigenvalue weighted by Crippen LogP contribution is -2.32. The molecule has 1 aliphatic rings. The second-order valence-electron chi connectivity index (χ2n) is 3.58. The third-order valence-corrected chi connectivity index (χ3v) is 2.37. The topological polar surface area (TPSA) is 32.7 Å². The number of nitrogens with zero attached hydrogens (tertiary/aromatic N) is 1. The Morgan fingerprint density at radius 3 is 2.64 bits per heavy atom. The molecule has 1 saturated heterocycles. The molecule has 0 unspecified atom stereocenters. The first-order valence-corrected chi connectivity index (χ1v) is 5.06. The van der Waals surface area contributed by atoms with Crippen molar-refractivity contribution in [3.8, 4) is 11.5 Å². The van der Waals surface area contributed by atoms with E-state index in [2.05, 4.69) is 0 Å². The SMILES string of the molecule is Oc1cccc(ON2CCCCC2)c1. The number of rotatable bonds is 2. The zero-order valence-electron chi connectivity index (χ0n) is 8.15. The summed E-state index contributed by atoms with van der Waals surface area (Å²) in [5.74, 6) is 0.964. The molecule has 3 heteroatoms. The standard InChI is InChI=1S/C11H15NO2/c13-10-5-4-6-11(9-10)14-12-7-2-1-3-8-12/h4-6,9,13H,1-3,7-8H2. The first kappa shape index (κ1) is 9.34. The van der Waals surface area contributed by atoms with E-state index in [-0.39, 0.29) is 5.75 Å². The average Bonchev–Trinajstić information content (AvgIpc) is 2.19. The average molecular weight is 193 g/mol. The molecule has 14 heavy (non-hydrogen) atoms. The van der Waals surface area contributed by atoms with E-state index in [1.54, 1.807) is 18.2 Å². The molecular formula is C11H15NO2. The Morgan fingerprint density at radius 1 is 1.14 bits per heavy atom. The summed E-state index contributed by atoms with van der Waals surface area (Å²) in [6, 6.07) is 6.92. The van der Waals surface area contributed by atoms with E-state index in [9.17, 15) is 5.11 Å². The molecule has 1 aromatic carbocycles. The van der Waals surface area contributed by atoms with Crippen LogP contribution >= 0.6 is 0 Å². The molecule has 1 aromatic rings. The Kier molecular flexibility index (Phi) is 2.89. The fourth-order valence-corrected chi connectivity index (χ4v) is 1.65. The van der Waals surface area contributed by atoms with Gasteiger partial charge < -0.3 is 9.94 Å². The maximum Gasteiger partial charge on any atom is 0.151 e. The van der Waals surface area contributed by atoms with Crippen molar-refractivity contribution in [1.82, 2.24) is 5.06 Å². The minimum Gasteiger partial charge on any atom is -0.508 e. The van der Waals surface area contributed by atoms with Crippen LogP contribution in [0, 0.1) is 0 Å². The molecule has 1 fully saturated rings. The number of piperidine rings is 1. The van der Waals surface area contributed by atoms with E-state index >= 15 is 0 Å². The molecule has 0 radical (unpaired) electrons. The fraction of sp³-hybridized carbons (Fsp3) is 0.455. The van der Waals surface area contributed by atoms with E-state index < -0.39 is 0 Å². The monoisotopic (exact) mass is 193 g/mol. The first-order valence-electron chi connectivity index (χ1n) is 5.06. The largest absolute Gasteiger partial charge is 0.508 e. The number of hydrogen-bond donors (Lipinski definition) is 1. The van der Waals surface area contributed by atoms with Gasteiger partial charge in [0.15, 0.2) is 5.75 Å². The highest BCUT2D eigenvalue weighted by molar-refractivity contribution is 5.31. The van der Waals surface area contributed by atoms with Gasteiger partial charge in [0.05, 0.1) is 0 Å². The van der Waals surface area contributed by atoms with Gasteiger partial charge in [0.1, 0.15) is 5.75 Å². The molecular weight excluding hydrogens is 178 g/mol. The van der Waals surface area contributed by atoms with Crippen LogP contribution in [-0.4, -0.2) is 23.3 Å². The molecule has 0 aliphatic carbocycles. The molecule has 76 valence electrons. The van der Waals surface area contributed by atoms with Crippen molar-refractivity contribution in [3.05, 3.63) is 24.3 Å². The van der Waals surface area contributed by atoms with Gasteiger partial charge in [0.2, 0.25) is 0 Å². The number of hydroxylamine groups is 2. The number of phenols is 1. The van der Waals surface area contributed by atoms with Crippen molar-refractivity contribution in [3.63, 3.8) is 0 Å². The van der Waals surface area contributed by atoms with Gasteiger partial charge in [-0.15, -0.1) is 5.06 Å². The molecule has 0 amide bonds. The minimum absolute atomic E-state index is 0.250. The molecule has 0 spiro atoms. The van der Waals surface area contributed by atoms with Crippen LogP contribution in [0.15, 0.2) is 24.3 Å². The minimum atomic E-state index is 0.250. The molecule has 0 atom stereocenters. The van der Waals surface area contributed by atoms with E-state index in [1.807, 2.05) is 11.1 Å². The van der Waals surface area contributed by atoms with E-state index in [0.29, 0.717) is 5.75 Å². The van der Waals surface area contributed by atoms with E-state index in [0.717, 1.165) is 13.1 Å². The molecule has 1 heterocycles. The third kappa shape index (κ3) is 2.39. The summed E-state index contributed by atoms with van der Waals surface area (Å²) in [5, 5.41) is 11.2. The van der Waals surface area contributed by atoms with Crippen molar-refractivity contribution in [2.24, 2.45) is 0 Å². The zero-order valence-corrected chi connectivity index (χ0v) is 8.15. The van der Waals surface area contributed by atoms with Crippen LogP contribution in [0.1, 0.15) is 19.3 Å². The van der Waals surface area contributed by atoms with Gasteiger partial charge in [-0.25, -0.2) is 0 Å². The summed E-state index contributed by atoms with van der Waals surface area (Å²) in [7, 11) is 0. The highest BCUT2D eigenvalue weighted by atomic mass is 16.7. The van der Waals surface area contributed by atoms with Crippen LogP contribution in [-0.2, 0) is 0 Å². The maximum atomic E-state index is 9.24. The van der Waals surface area contributed by atoms with Crippen LogP contribution in [0.3, 0.4) is 0 Å². The Balaban J connectivity index is 1.95. The molecule has 2 rings (SSSR count). The van der Waals surface area contributed by atoms with Crippen LogP contribution in [0.5, 0.6) is 11.5 Å².